The van der Waals surface area contributed by atoms with E-state index in [2.05, 4.69) is 19.7 Å². The highest BCUT2D eigenvalue weighted by Crippen LogP contribution is 2.32. The van der Waals surface area contributed by atoms with Crippen molar-refractivity contribution < 1.29 is 24.3 Å². The van der Waals surface area contributed by atoms with E-state index in [9.17, 15) is 20.0 Å². The SMILES string of the molecule is C=C/C=C(\C=C/CC(=C)OC(=O)/C(C)=C\c1ccc(OC(=C)c2cccs2)c(O)c1)[N+](=O)[O-]. The Morgan fingerprint density at radius 3 is 2.67 bits per heavy atom. The Morgan fingerprint density at radius 2 is 2.06 bits per heavy atom. The van der Waals surface area contributed by atoms with E-state index in [-0.39, 0.29) is 34.9 Å². The maximum atomic E-state index is 12.3. The molecule has 0 aliphatic heterocycles. The van der Waals surface area contributed by atoms with Crippen LogP contribution in [0, 0.1) is 10.1 Å². The quantitative estimate of drug-likeness (QED) is 0.105. The number of phenolic OH excluding ortho intramolecular Hbond substituents is 1. The van der Waals surface area contributed by atoms with Crippen molar-refractivity contribution in [3.05, 3.63) is 117 Å². The van der Waals surface area contributed by atoms with Crippen LogP contribution in [-0.2, 0) is 9.53 Å². The maximum Gasteiger partial charge on any atom is 0.338 e. The van der Waals surface area contributed by atoms with Gasteiger partial charge in [-0.3, -0.25) is 10.1 Å². The zero-order valence-corrected chi connectivity index (χ0v) is 18.8. The second kappa shape index (κ2) is 12.0. The molecule has 1 aromatic carbocycles. The first-order chi connectivity index (χ1) is 15.7. The molecule has 0 radical (unpaired) electrons. The Hall–Kier alpha value is -4.17. The molecule has 0 spiro atoms. The van der Waals surface area contributed by atoms with Gasteiger partial charge in [0.2, 0.25) is 0 Å². The molecule has 0 aliphatic carbocycles. The number of allylic oxidation sites excluding steroid dienone is 4. The van der Waals surface area contributed by atoms with Crippen LogP contribution >= 0.6 is 11.3 Å². The molecule has 7 nitrogen and oxygen atoms in total. The normalized spacial score (nSPS) is 11.8. The molecular weight excluding hydrogens is 442 g/mol. The molecule has 0 amide bonds. The van der Waals surface area contributed by atoms with Gasteiger partial charge in [0.25, 0.3) is 5.70 Å². The third-order valence-electron chi connectivity index (χ3n) is 4.09. The molecule has 1 aromatic heterocycles. The van der Waals surface area contributed by atoms with E-state index in [4.69, 9.17) is 9.47 Å². The third-order valence-corrected chi connectivity index (χ3v) is 5.00. The minimum absolute atomic E-state index is 0.105. The summed E-state index contributed by atoms with van der Waals surface area (Å²) in [4.78, 5) is 23.4. The zero-order valence-electron chi connectivity index (χ0n) is 18.0. The Bertz CT molecular complexity index is 1160. The smallest absolute Gasteiger partial charge is 0.338 e. The van der Waals surface area contributed by atoms with E-state index in [0.29, 0.717) is 11.3 Å². The fourth-order valence-electron chi connectivity index (χ4n) is 2.50. The summed E-state index contributed by atoms with van der Waals surface area (Å²) in [5.74, 6) is 0.0533. The van der Waals surface area contributed by atoms with Crippen molar-refractivity contribution in [2.45, 2.75) is 13.3 Å². The van der Waals surface area contributed by atoms with Crippen molar-refractivity contribution in [2.75, 3.05) is 0 Å². The molecule has 0 bridgehead atoms. The van der Waals surface area contributed by atoms with Crippen LogP contribution in [0.1, 0.15) is 23.8 Å². The molecule has 33 heavy (non-hydrogen) atoms. The summed E-state index contributed by atoms with van der Waals surface area (Å²) >= 11 is 1.47. The molecule has 0 saturated carbocycles. The van der Waals surface area contributed by atoms with Crippen molar-refractivity contribution in [1.29, 1.82) is 0 Å². The van der Waals surface area contributed by atoms with Crippen LogP contribution in [0.4, 0.5) is 0 Å². The molecule has 0 fully saturated rings. The summed E-state index contributed by atoms with van der Waals surface area (Å²) in [5.41, 5.74) is 0.687. The van der Waals surface area contributed by atoms with E-state index >= 15 is 0 Å². The van der Waals surface area contributed by atoms with Gasteiger partial charge in [-0.25, -0.2) is 4.79 Å². The molecular formula is C25H23NO6S. The fraction of sp³-hybridized carbons (Fsp3) is 0.0800. The Morgan fingerprint density at radius 1 is 1.30 bits per heavy atom. The number of aromatic hydroxyl groups is 1. The standard InChI is InChI=1S/C25H23NO6S/c1-5-8-21(26(29)30)10-6-9-18(3)31-25(28)17(2)15-20-12-13-23(22(27)16-20)32-19(4)24-11-7-14-33-24/h5-8,10-16,27H,1,3-4,9H2,2H3/b10-6-,17-15-,21-8+. The van der Waals surface area contributed by atoms with E-state index in [0.717, 1.165) is 4.88 Å². The summed E-state index contributed by atoms with van der Waals surface area (Å²) in [7, 11) is 0. The Kier molecular flexibility index (Phi) is 9.14. The van der Waals surface area contributed by atoms with Crippen LogP contribution in [0.15, 0.2) is 96.8 Å². The highest BCUT2D eigenvalue weighted by atomic mass is 32.1. The lowest BCUT2D eigenvalue weighted by Gasteiger charge is -2.10. The van der Waals surface area contributed by atoms with Gasteiger partial charge in [0.15, 0.2) is 11.5 Å². The summed E-state index contributed by atoms with van der Waals surface area (Å²) in [6.07, 6.45) is 6.96. The van der Waals surface area contributed by atoms with Gasteiger partial charge in [0.05, 0.1) is 9.80 Å². The summed E-state index contributed by atoms with van der Waals surface area (Å²) < 4.78 is 10.8. The van der Waals surface area contributed by atoms with Gasteiger partial charge in [-0.15, -0.1) is 11.3 Å². The number of benzene rings is 1. The lowest BCUT2D eigenvalue weighted by molar-refractivity contribution is -0.419. The summed E-state index contributed by atoms with van der Waals surface area (Å²) in [6.45, 7) is 12.5. The molecule has 1 heterocycles. The van der Waals surface area contributed by atoms with E-state index in [1.807, 2.05) is 17.5 Å². The van der Waals surface area contributed by atoms with Crippen molar-refractivity contribution in [3.8, 4) is 11.5 Å². The molecule has 1 N–H and O–H groups in total. The second-order valence-electron chi connectivity index (χ2n) is 6.68. The van der Waals surface area contributed by atoms with E-state index in [1.165, 1.54) is 41.7 Å². The van der Waals surface area contributed by atoms with Gasteiger partial charge >= 0.3 is 5.97 Å². The van der Waals surface area contributed by atoms with Crippen molar-refractivity contribution in [2.24, 2.45) is 0 Å². The highest BCUT2D eigenvalue weighted by Gasteiger charge is 2.11. The Balaban J connectivity index is 1.97. The van der Waals surface area contributed by atoms with Crippen molar-refractivity contribution >= 4 is 29.1 Å². The monoisotopic (exact) mass is 465 g/mol. The number of carbonyl (C=O) groups excluding carboxylic acids is 1. The van der Waals surface area contributed by atoms with Gasteiger partial charge in [-0.1, -0.05) is 44.0 Å². The van der Waals surface area contributed by atoms with Crippen LogP contribution in [0.5, 0.6) is 11.5 Å². The first kappa shape index (κ1) is 25.1. The van der Waals surface area contributed by atoms with Gasteiger partial charge in [-0.05, 0) is 42.1 Å². The van der Waals surface area contributed by atoms with Crippen LogP contribution in [0.3, 0.4) is 0 Å². The number of nitro groups is 1. The number of ether oxygens (including phenoxy) is 2. The molecule has 0 aliphatic rings. The van der Waals surface area contributed by atoms with Crippen molar-refractivity contribution in [1.82, 2.24) is 0 Å². The average Bonchev–Trinajstić information content (AvgIpc) is 3.30. The summed E-state index contributed by atoms with van der Waals surface area (Å²) in [6, 6.07) is 8.44. The Labute approximate surface area is 195 Å². The first-order valence-electron chi connectivity index (χ1n) is 9.66. The molecule has 8 heteroatoms. The lowest BCUT2D eigenvalue weighted by atomic mass is 10.1. The average molecular weight is 466 g/mol. The maximum absolute atomic E-state index is 12.3. The van der Waals surface area contributed by atoms with Crippen molar-refractivity contribution in [3.63, 3.8) is 0 Å². The van der Waals surface area contributed by atoms with E-state index in [1.54, 1.807) is 25.1 Å². The number of nitrogens with zero attached hydrogens (tertiary/aromatic N) is 1. The number of thiophene rings is 1. The molecule has 0 unspecified atom stereocenters. The van der Waals surface area contributed by atoms with Crippen LogP contribution < -0.4 is 4.74 Å². The first-order valence-corrected chi connectivity index (χ1v) is 10.5. The number of hydrogen-bond donors (Lipinski definition) is 1. The van der Waals surface area contributed by atoms with Crippen LogP contribution in [0.25, 0.3) is 11.8 Å². The zero-order chi connectivity index (χ0) is 24.4. The topological polar surface area (TPSA) is 98.9 Å². The molecule has 0 atom stereocenters. The molecule has 2 aromatic rings. The number of rotatable bonds is 11. The lowest BCUT2D eigenvalue weighted by Crippen LogP contribution is -2.05. The van der Waals surface area contributed by atoms with Gasteiger partial charge in [-0.2, -0.15) is 0 Å². The predicted molar refractivity (Wildman–Crippen MR) is 130 cm³/mol. The van der Waals surface area contributed by atoms with Crippen LogP contribution in [-0.4, -0.2) is 16.0 Å². The second-order valence-corrected chi connectivity index (χ2v) is 7.62. The van der Waals surface area contributed by atoms with Gasteiger partial charge in [0.1, 0.15) is 11.5 Å². The fourth-order valence-corrected chi connectivity index (χ4v) is 3.14. The molecule has 2 rings (SSSR count). The van der Waals surface area contributed by atoms with E-state index < -0.39 is 10.9 Å². The van der Waals surface area contributed by atoms with Gasteiger partial charge < -0.3 is 14.6 Å². The van der Waals surface area contributed by atoms with Crippen LogP contribution in [0.2, 0.25) is 0 Å². The number of esters is 1. The largest absolute Gasteiger partial charge is 0.504 e. The minimum Gasteiger partial charge on any atom is -0.504 e. The highest BCUT2D eigenvalue weighted by molar-refractivity contribution is 7.11. The molecule has 170 valence electrons. The number of phenols is 1. The van der Waals surface area contributed by atoms with Gasteiger partial charge in [0, 0.05) is 24.1 Å². The predicted octanol–water partition coefficient (Wildman–Crippen LogP) is 6.26. The third kappa shape index (κ3) is 7.79. The minimum atomic E-state index is -0.629. The number of hydrogen-bond acceptors (Lipinski definition) is 7. The summed E-state index contributed by atoms with van der Waals surface area (Å²) in [5, 5.41) is 23.0. The number of carbonyl (C=O) groups is 1. The molecule has 0 saturated heterocycles.